The third-order valence-electron chi connectivity index (χ3n) is 2.44. The van der Waals surface area contributed by atoms with Gasteiger partial charge >= 0.3 is 5.97 Å². The monoisotopic (exact) mass is 210 g/mol. The van der Waals surface area contributed by atoms with Gasteiger partial charge in [-0.2, -0.15) is 0 Å². The van der Waals surface area contributed by atoms with Crippen molar-refractivity contribution in [2.45, 2.75) is 32.6 Å². The second-order valence-electron chi connectivity index (χ2n) is 4.44. The van der Waals surface area contributed by atoms with E-state index in [0.717, 1.165) is 5.56 Å². The van der Waals surface area contributed by atoms with E-state index in [1.165, 1.54) is 6.07 Å². The molecule has 0 radical (unpaired) electrons. The summed E-state index contributed by atoms with van der Waals surface area (Å²) in [7, 11) is 0. The van der Waals surface area contributed by atoms with Crippen LogP contribution in [0.5, 0.6) is 0 Å². The van der Waals surface area contributed by atoms with Crippen LogP contribution in [-0.4, -0.2) is 11.1 Å². The Morgan fingerprint density at radius 2 is 2.07 bits per heavy atom. The van der Waals surface area contributed by atoms with Crippen LogP contribution < -0.4 is 0 Å². The maximum atomic E-state index is 13.5. The van der Waals surface area contributed by atoms with Crippen LogP contribution in [0.15, 0.2) is 18.2 Å². The first kappa shape index (κ1) is 11.7. The second kappa shape index (κ2) is 4.01. The standard InChI is InChI=1S/C12H15FO2/c1-8-4-5-10(13)9(6-8)12(2,3)7-11(14)15/h4-6H,7H2,1-3H3,(H,14,15). The van der Waals surface area contributed by atoms with Gasteiger partial charge in [-0.25, -0.2) is 4.39 Å². The van der Waals surface area contributed by atoms with E-state index in [1.807, 2.05) is 6.92 Å². The smallest absolute Gasteiger partial charge is 0.304 e. The van der Waals surface area contributed by atoms with Crippen LogP contribution in [0.25, 0.3) is 0 Å². The molecule has 0 saturated carbocycles. The Morgan fingerprint density at radius 3 is 2.60 bits per heavy atom. The van der Waals surface area contributed by atoms with E-state index >= 15 is 0 Å². The molecular weight excluding hydrogens is 195 g/mol. The Bertz CT molecular complexity index is 383. The Hall–Kier alpha value is -1.38. The number of benzene rings is 1. The Balaban J connectivity index is 3.13. The molecule has 0 aliphatic rings. The van der Waals surface area contributed by atoms with E-state index < -0.39 is 11.4 Å². The largest absolute Gasteiger partial charge is 0.481 e. The van der Waals surface area contributed by atoms with Crippen molar-refractivity contribution in [2.75, 3.05) is 0 Å². The van der Waals surface area contributed by atoms with Gasteiger partial charge in [0.25, 0.3) is 0 Å². The molecule has 0 aliphatic carbocycles. The number of hydrogen-bond acceptors (Lipinski definition) is 1. The molecule has 0 aliphatic heterocycles. The molecule has 0 fully saturated rings. The zero-order valence-electron chi connectivity index (χ0n) is 9.17. The van der Waals surface area contributed by atoms with Crippen molar-refractivity contribution >= 4 is 5.97 Å². The molecule has 0 aromatic heterocycles. The minimum atomic E-state index is -0.916. The topological polar surface area (TPSA) is 37.3 Å². The van der Waals surface area contributed by atoms with Crippen LogP contribution in [0.3, 0.4) is 0 Å². The van der Waals surface area contributed by atoms with Crippen LogP contribution in [0.2, 0.25) is 0 Å². The normalized spacial score (nSPS) is 11.5. The minimum absolute atomic E-state index is 0.0760. The average molecular weight is 210 g/mol. The molecule has 0 heterocycles. The first-order chi connectivity index (χ1) is 6.83. The number of hydrogen-bond donors (Lipinski definition) is 1. The van der Waals surface area contributed by atoms with E-state index in [2.05, 4.69) is 0 Å². The molecule has 1 N–H and O–H groups in total. The van der Waals surface area contributed by atoms with Crippen LogP contribution in [-0.2, 0) is 10.2 Å². The molecule has 1 aromatic carbocycles. The molecule has 0 atom stereocenters. The van der Waals surface area contributed by atoms with Gasteiger partial charge in [0.05, 0.1) is 6.42 Å². The SMILES string of the molecule is Cc1ccc(F)c(C(C)(C)CC(=O)O)c1. The lowest BCUT2D eigenvalue weighted by atomic mass is 9.81. The highest BCUT2D eigenvalue weighted by atomic mass is 19.1. The summed E-state index contributed by atoms with van der Waals surface area (Å²) >= 11 is 0. The fourth-order valence-corrected chi connectivity index (χ4v) is 1.63. The minimum Gasteiger partial charge on any atom is -0.481 e. The highest BCUT2D eigenvalue weighted by Gasteiger charge is 2.27. The molecule has 0 saturated heterocycles. The number of carboxylic acids is 1. The predicted octanol–water partition coefficient (Wildman–Crippen LogP) is 2.89. The lowest BCUT2D eigenvalue weighted by molar-refractivity contribution is -0.138. The molecule has 3 heteroatoms. The van der Waals surface area contributed by atoms with E-state index in [9.17, 15) is 9.18 Å². The summed E-state index contributed by atoms with van der Waals surface area (Å²) < 4.78 is 13.5. The number of carboxylic acid groups (broad SMARTS) is 1. The molecular formula is C12H15FO2. The third-order valence-corrected chi connectivity index (χ3v) is 2.44. The fraction of sp³-hybridized carbons (Fsp3) is 0.417. The zero-order chi connectivity index (χ0) is 11.6. The van der Waals surface area contributed by atoms with Gasteiger partial charge in [-0.05, 0) is 18.6 Å². The summed E-state index contributed by atoms with van der Waals surface area (Å²) in [5.74, 6) is -1.26. The van der Waals surface area contributed by atoms with Gasteiger partial charge < -0.3 is 5.11 Å². The molecule has 1 aromatic rings. The van der Waals surface area contributed by atoms with Gasteiger partial charge in [-0.1, -0.05) is 31.5 Å². The maximum absolute atomic E-state index is 13.5. The lowest BCUT2D eigenvalue weighted by Crippen LogP contribution is -2.23. The van der Waals surface area contributed by atoms with Crippen molar-refractivity contribution < 1.29 is 14.3 Å². The van der Waals surface area contributed by atoms with Crippen molar-refractivity contribution in [3.8, 4) is 0 Å². The Kier molecular flexibility index (Phi) is 3.12. The highest BCUT2D eigenvalue weighted by Crippen LogP contribution is 2.29. The summed E-state index contributed by atoms with van der Waals surface area (Å²) in [4.78, 5) is 10.7. The fourth-order valence-electron chi connectivity index (χ4n) is 1.63. The van der Waals surface area contributed by atoms with Crippen molar-refractivity contribution in [1.29, 1.82) is 0 Å². The molecule has 15 heavy (non-hydrogen) atoms. The van der Waals surface area contributed by atoms with Crippen LogP contribution in [0, 0.1) is 12.7 Å². The van der Waals surface area contributed by atoms with Gasteiger partial charge in [0.1, 0.15) is 5.82 Å². The lowest BCUT2D eigenvalue weighted by Gasteiger charge is -2.24. The summed E-state index contributed by atoms with van der Waals surface area (Å²) in [5, 5.41) is 8.75. The van der Waals surface area contributed by atoms with Crippen molar-refractivity contribution in [1.82, 2.24) is 0 Å². The Labute approximate surface area is 88.7 Å². The van der Waals surface area contributed by atoms with Crippen molar-refractivity contribution in [3.63, 3.8) is 0 Å². The maximum Gasteiger partial charge on any atom is 0.304 e. The molecule has 0 unspecified atom stereocenters. The second-order valence-corrected chi connectivity index (χ2v) is 4.44. The summed E-state index contributed by atoms with van der Waals surface area (Å²) in [6.45, 7) is 5.33. The summed E-state index contributed by atoms with van der Waals surface area (Å²) in [6.07, 6.45) is -0.0760. The third kappa shape index (κ3) is 2.78. The zero-order valence-corrected chi connectivity index (χ0v) is 9.17. The highest BCUT2D eigenvalue weighted by molar-refractivity contribution is 5.68. The van der Waals surface area contributed by atoms with E-state index in [-0.39, 0.29) is 12.2 Å². The Morgan fingerprint density at radius 1 is 1.47 bits per heavy atom. The molecule has 0 spiro atoms. The molecule has 0 bridgehead atoms. The first-order valence-corrected chi connectivity index (χ1v) is 4.81. The predicted molar refractivity (Wildman–Crippen MR) is 56.4 cm³/mol. The number of aryl methyl sites for hydroxylation is 1. The molecule has 2 nitrogen and oxygen atoms in total. The quantitative estimate of drug-likeness (QED) is 0.832. The van der Waals surface area contributed by atoms with Crippen molar-refractivity contribution in [2.24, 2.45) is 0 Å². The van der Waals surface area contributed by atoms with Gasteiger partial charge in [0, 0.05) is 5.41 Å². The number of rotatable bonds is 3. The summed E-state index contributed by atoms with van der Waals surface area (Å²) in [5.41, 5.74) is 0.719. The van der Waals surface area contributed by atoms with Crippen molar-refractivity contribution in [3.05, 3.63) is 35.1 Å². The number of halogens is 1. The number of carbonyl (C=O) groups is 1. The van der Waals surface area contributed by atoms with Crippen LogP contribution >= 0.6 is 0 Å². The van der Waals surface area contributed by atoms with E-state index in [0.29, 0.717) is 5.56 Å². The average Bonchev–Trinajstić information content (AvgIpc) is 2.06. The van der Waals surface area contributed by atoms with Gasteiger partial charge in [0.15, 0.2) is 0 Å². The molecule has 1 rings (SSSR count). The van der Waals surface area contributed by atoms with Gasteiger partial charge in [-0.15, -0.1) is 0 Å². The van der Waals surface area contributed by atoms with E-state index in [1.54, 1.807) is 26.0 Å². The summed E-state index contributed by atoms with van der Waals surface area (Å²) in [6, 6.07) is 4.77. The number of aliphatic carboxylic acids is 1. The van der Waals surface area contributed by atoms with Crippen LogP contribution in [0.4, 0.5) is 4.39 Å². The molecule has 0 amide bonds. The molecule has 82 valence electrons. The first-order valence-electron chi connectivity index (χ1n) is 4.81. The van der Waals surface area contributed by atoms with Crippen LogP contribution in [0.1, 0.15) is 31.4 Å². The van der Waals surface area contributed by atoms with E-state index in [4.69, 9.17) is 5.11 Å². The van der Waals surface area contributed by atoms with Gasteiger partial charge in [0.2, 0.25) is 0 Å². The van der Waals surface area contributed by atoms with Gasteiger partial charge in [-0.3, -0.25) is 4.79 Å².